The second kappa shape index (κ2) is 15.2. The molecule has 0 fully saturated rings. The van der Waals surface area contributed by atoms with Crippen molar-refractivity contribution in [3.63, 3.8) is 0 Å². The molecule has 0 spiro atoms. The summed E-state index contributed by atoms with van der Waals surface area (Å²) in [5.74, 6) is 0. The summed E-state index contributed by atoms with van der Waals surface area (Å²) in [4.78, 5) is 4.77. The Hall–Kier alpha value is -7.42. The SMILES string of the molecule is CC1(C)c2ccccc2-c2cc(-c3cc(N(c4ccccc4)c4ccc(-c5ccccc5)cc4)cc(N(c4ccccc4)c4ccc(-c5ccccc5)cc4)c3)ccc21. The summed E-state index contributed by atoms with van der Waals surface area (Å²) in [6.07, 6.45) is 0. The Labute approximate surface area is 347 Å². The molecule has 0 saturated carbocycles. The van der Waals surface area contributed by atoms with Crippen LogP contribution in [0.3, 0.4) is 0 Å². The van der Waals surface area contributed by atoms with Gasteiger partial charge in [-0.25, -0.2) is 0 Å². The van der Waals surface area contributed by atoms with Crippen LogP contribution in [-0.4, -0.2) is 0 Å². The first kappa shape index (κ1) is 36.0. The van der Waals surface area contributed by atoms with Crippen molar-refractivity contribution < 1.29 is 0 Å². The first-order valence-electron chi connectivity index (χ1n) is 20.4. The van der Waals surface area contributed by atoms with Crippen molar-refractivity contribution in [2.75, 3.05) is 9.80 Å². The molecular weight excluding hydrogens is 713 g/mol. The lowest BCUT2D eigenvalue weighted by Gasteiger charge is -2.30. The van der Waals surface area contributed by atoms with Gasteiger partial charge in [-0.05, 0) is 128 Å². The predicted molar refractivity (Wildman–Crippen MR) is 250 cm³/mol. The number of hydrogen-bond acceptors (Lipinski definition) is 2. The van der Waals surface area contributed by atoms with Gasteiger partial charge in [-0.2, -0.15) is 0 Å². The normalized spacial score (nSPS) is 12.4. The quantitative estimate of drug-likeness (QED) is 0.145. The molecule has 59 heavy (non-hydrogen) atoms. The summed E-state index contributed by atoms with van der Waals surface area (Å²) in [5, 5.41) is 0. The van der Waals surface area contributed by atoms with E-state index in [4.69, 9.17) is 0 Å². The Morgan fingerprint density at radius 2 is 0.627 bits per heavy atom. The van der Waals surface area contributed by atoms with E-state index in [9.17, 15) is 0 Å². The van der Waals surface area contributed by atoms with Crippen LogP contribution in [0.1, 0.15) is 25.0 Å². The van der Waals surface area contributed by atoms with E-state index in [2.05, 4.69) is 254 Å². The van der Waals surface area contributed by atoms with Gasteiger partial charge in [-0.3, -0.25) is 0 Å². The van der Waals surface area contributed by atoms with Crippen LogP contribution in [0.25, 0.3) is 44.5 Å². The van der Waals surface area contributed by atoms with Crippen molar-refractivity contribution in [2.24, 2.45) is 0 Å². The third kappa shape index (κ3) is 6.79. The highest BCUT2D eigenvalue weighted by Crippen LogP contribution is 2.50. The van der Waals surface area contributed by atoms with Gasteiger partial charge >= 0.3 is 0 Å². The second-order valence-corrected chi connectivity index (χ2v) is 15.8. The average molecular weight is 757 g/mol. The maximum absolute atomic E-state index is 2.41. The van der Waals surface area contributed by atoms with Gasteiger partial charge in [0.1, 0.15) is 0 Å². The van der Waals surface area contributed by atoms with Crippen molar-refractivity contribution in [2.45, 2.75) is 19.3 Å². The van der Waals surface area contributed by atoms with Crippen LogP contribution in [-0.2, 0) is 5.41 Å². The number of anilines is 6. The molecule has 0 atom stereocenters. The smallest absolute Gasteiger partial charge is 0.0488 e. The van der Waals surface area contributed by atoms with E-state index in [0.29, 0.717) is 0 Å². The van der Waals surface area contributed by atoms with Gasteiger partial charge in [0.25, 0.3) is 0 Å². The molecule has 0 saturated heterocycles. The molecule has 2 nitrogen and oxygen atoms in total. The number of benzene rings is 9. The molecule has 9 aromatic rings. The third-order valence-electron chi connectivity index (χ3n) is 11.8. The molecule has 2 heteroatoms. The van der Waals surface area contributed by atoms with Crippen molar-refractivity contribution in [1.82, 2.24) is 0 Å². The number of nitrogens with zero attached hydrogens (tertiary/aromatic N) is 2. The van der Waals surface area contributed by atoms with Crippen molar-refractivity contribution in [3.8, 4) is 44.5 Å². The standard InChI is InChI=1S/C57H44N2/c1-57(2)55-26-16-15-25-53(55)54-39-45(31-36-56(54)57)46-37-51(58(47-21-11-5-12-22-47)49-32-27-43(28-33-49)41-17-7-3-8-18-41)40-52(38-46)59(48-23-13-6-14-24-48)50-34-29-44(30-35-50)42-19-9-4-10-20-42/h3-40H,1-2H3. The zero-order chi connectivity index (χ0) is 39.8. The molecule has 0 amide bonds. The molecule has 1 aliphatic carbocycles. The van der Waals surface area contributed by atoms with Gasteiger partial charge in [-0.1, -0.05) is 172 Å². The van der Waals surface area contributed by atoms with E-state index in [1.807, 2.05) is 0 Å². The number of para-hydroxylation sites is 2. The fourth-order valence-electron chi connectivity index (χ4n) is 8.84. The highest BCUT2D eigenvalue weighted by atomic mass is 15.2. The summed E-state index contributed by atoms with van der Waals surface area (Å²) >= 11 is 0. The molecule has 9 aromatic carbocycles. The third-order valence-corrected chi connectivity index (χ3v) is 11.8. The topological polar surface area (TPSA) is 6.48 Å². The second-order valence-electron chi connectivity index (χ2n) is 15.8. The Kier molecular flexibility index (Phi) is 9.24. The summed E-state index contributed by atoms with van der Waals surface area (Å²) in [6.45, 7) is 4.69. The molecule has 0 heterocycles. The van der Waals surface area contributed by atoms with Crippen LogP contribution < -0.4 is 9.80 Å². The Morgan fingerprint density at radius 3 is 1.12 bits per heavy atom. The molecule has 0 aromatic heterocycles. The molecule has 0 aliphatic heterocycles. The van der Waals surface area contributed by atoms with Crippen LogP contribution >= 0.6 is 0 Å². The van der Waals surface area contributed by atoms with Gasteiger partial charge in [-0.15, -0.1) is 0 Å². The Bertz CT molecular complexity index is 2720. The minimum Gasteiger partial charge on any atom is -0.310 e. The van der Waals surface area contributed by atoms with Crippen LogP contribution in [0.5, 0.6) is 0 Å². The number of rotatable bonds is 9. The highest BCUT2D eigenvalue weighted by Gasteiger charge is 2.35. The molecule has 282 valence electrons. The summed E-state index contributed by atoms with van der Waals surface area (Å²) < 4.78 is 0. The first-order chi connectivity index (χ1) is 29.0. The minimum atomic E-state index is -0.0660. The van der Waals surface area contributed by atoms with E-state index in [-0.39, 0.29) is 5.41 Å². The van der Waals surface area contributed by atoms with Gasteiger partial charge < -0.3 is 9.80 Å². The van der Waals surface area contributed by atoms with Gasteiger partial charge in [0.15, 0.2) is 0 Å². The summed E-state index contributed by atoms with van der Waals surface area (Å²) in [6, 6.07) is 83.6. The van der Waals surface area contributed by atoms with E-state index in [1.165, 1.54) is 50.1 Å². The average Bonchev–Trinajstić information content (AvgIpc) is 3.53. The molecule has 0 N–H and O–H groups in total. The zero-order valence-electron chi connectivity index (χ0n) is 33.3. The molecule has 1 aliphatic rings. The Balaban J connectivity index is 1.18. The fraction of sp³-hybridized carbons (Fsp3) is 0.0526. The molecule has 0 bridgehead atoms. The molecule has 0 unspecified atom stereocenters. The monoisotopic (exact) mass is 756 g/mol. The van der Waals surface area contributed by atoms with Gasteiger partial charge in [0, 0.05) is 39.5 Å². The zero-order valence-corrected chi connectivity index (χ0v) is 33.3. The largest absolute Gasteiger partial charge is 0.310 e. The number of fused-ring (bicyclic) bond motifs is 3. The van der Waals surface area contributed by atoms with Crippen molar-refractivity contribution >= 4 is 34.1 Å². The van der Waals surface area contributed by atoms with E-state index >= 15 is 0 Å². The minimum absolute atomic E-state index is 0.0660. The Morgan fingerprint density at radius 1 is 0.254 bits per heavy atom. The molecule has 10 rings (SSSR count). The predicted octanol–water partition coefficient (Wildman–Crippen LogP) is 15.9. The van der Waals surface area contributed by atoms with E-state index < -0.39 is 0 Å². The van der Waals surface area contributed by atoms with Crippen molar-refractivity contribution in [3.05, 3.63) is 242 Å². The molecular formula is C57H44N2. The lowest BCUT2D eigenvalue weighted by atomic mass is 9.82. The molecule has 0 radical (unpaired) electrons. The maximum atomic E-state index is 2.41. The van der Waals surface area contributed by atoms with E-state index in [0.717, 1.165) is 39.7 Å². The fourth-order valence-corrected chi connectivity index (χ4v) is 8.84. The van der Waals surface area contributed by atoms with E-state index in [1.54, 1.807) is 0 Å². The lowest BCUT2D eigenvalue weighted by molar-refractivity contribution is 0.660. The maximum Gasteiger partial charge on any atom is 0.0488 e. The van der Waals surface area contributed by atoms with Crippen molar-refractivity contribution in [1.29, 1.82) is 0 Å². The van der Waals surface area contributed by atoms with Crippen LogP contribution in [0, 0.1) is 0 Å². The number of hydrogen-bond donors (Lipinski definition) is 0. The summed E-state index contributed by atoms with van der Waals surface area (Å²) in [7, 11) is 0. The van der Waals surface area contributed by atoms with Crippen LogP contribution in [0.2, 0.25) is 0 Å². The summed E-state index contributed by atoms with van der Waals surface area (Å²) in [5.41, 5.74) is 18.9. The lowest BCUT2D eigenvalue weighted by Crippen LogP contribution is -2.14. The highest BCUT2D eigenvalue weighted by molar-refractivity contribution is 5.90. The van der Waals surface area contributed by atoms with Gasteiger partial charge in [0.2, 0.25) is 0 Å². The van der Waals surface area contributed by atoms with Crippen LogP contribution in [0.4, 0.5) is 34.1 Å². The van der Waals surface area contributed by atoms with Crippen LogP contribution in [0.15, 0.2) is 231 Å². The van der Waals surface area contributed by atoms with Gasteiger partial charge in [0.05, 0.1) is 0 Å². The first-order valence-corrected chi connectivity index (χ1v) is 20.4.